The highest BCUT2D eigenvalue weighted by Crippen LogP contribution is 2.36. The molecule has 1 saturated heterocycles. The summed E-state index contributed by atoms with van der Waals surface area (Å²) in [5.41, 5.74) is 7.26. The topological polar surface area (TPSA) is 46.3 Å². The molecule has 3 atom stereocenters. The van der Waals surface area contributed by atoms with E-state index in [4.69, 9.17) is 5.73 Å². The molecule has 5 heteroatoms. The van der Waals surface area contributed by atoms with Crippen molar-refractivity contribution in [3.63, 3.8) is 0 Å². The number of halogens is 1. The van der Waals surface area contributed by atoms with Gasteiger partial charge in [-0.05, 0) is 12.0 Å². The van der Waals surface area contributed by atoms with E-state index in [2.05, 4.69) is 26.0 Å². The van der Waals surface area contributed by atoms with Crippen molar-refractivity contribution in [1.82, 2.24) is 4.90 Å². The van der Waals surface area contributed by atoms with E-state index in [0.717, 1.165) is 25.1 Å². The molecule has 1 fully saturated rings. The molecule has 118 valence electrons. The van der Waals surface area contributed by atoms with Crippen LogP contribution in [0.5, 0.6) is 0 Å². The zero-order valence-electron chi connectivity index (χ0n) is 12.7. The molecule has 0 spiro atoms. The first-order valence-electron chi connectivity index (χ1n) is 7.37. The molecule has 0 aliphatic carbocycles. The molecular weight excluding hydrogens is 304 g/mol. The Morgan fingerprint density at radius 2 is 2.10 bits per heavy atom. The second kappa shape index (κ2) is 8.66. The zero-order chi connectivity index (χ0) is 14.5. The summed E-state index contributed by atoms with van der Waals surface area (Å²) in [5, 5.41) is 0.406. The van der Waals surface area contributed by atoms with Crippen molar-refractivity contribution in [3.05, 3.63) is 35.9 Å². The maximum Gasteiger partial charge on any atom is 0.240 e. The van der Waals surface area contributed by atoms with Crippen LogP contribution in [0.2, 0.25) is 0 Å². The van der Waals surface area contributed by atoms with E-state index in [0.29, 0.717) is 5.25 Å². The second-order valence-corrected chi connectivity index (χ2v) is 6.84. The highest BCUT2D eigenvalue weighted by molar-refractivity contribution is 8.00. The fourth-order valence-electron chi connectivity index (χ4n) is 2.82. The maximum atomic E-state index is 12.6. The van der Waals surface area contributed by atoms with Crippen LogP contribution in [0.25, 0.3) is 0 Å². The third-order valence-corrected chi connectivity index (χ3v) is 5.04. The Balaban J connectivity index is 0.00000220. The highest BCUT2D eigenvalue weighted by Gasteiger charge is 2.35. The van der Waals surface area contributed by atoms with E-state index in [1.54, 1.807) is 0 Å². The summed E-state index contributed by atoms with van der Waals surface area (Å²) in [6, 6.07) is 10.1. The summed E-state index contributed by atoms with van der Waals surface area (Å²) in [4.78, 5) is 14.6. The number of hydrogen-bond donors (Lipinski definition) is 1. The molecule has 0 aromatic heterocycles. The van der Waals surface area contributed by atoms with Gasteiger partial charge in [0.1, 0.15) is 0 Å². The summed E-state index contributed by atoms with van der Waals surface area (Å²) < 4.78 is 0. The highest BCUT2D eigenvalue weighted by atomic mass is 35.5. The first kappa shape index (κ1) is 18.3. The molecule has 2 N–H and O–H groups in total. The molecule has 1 aliphatic heterocycles. The number of nitrogens with zero attached hydrogens (tertiary/aromatic N) is 1. The van der Waals surface area contributed by atoms with Crippen molar-refractivity contribution in [2.24, 2.45) is 5.73 Å². The molecule has 1 aromatic carbocycles. The predicted octanol–water partition coefficient (Wildman–Crippen LogP) is 3.24. The lowest BCUT2D eigenvalue weighted by Crippen LogP contribution is -2.50. The average Bonchev–Trinajstić information content (AvgIpc) is 2.47. The number of carbonyl (C=O) groups excluding carboxylic acids is 1. The molecule has 0 saturated carbocycles. The Kier molecular flexibility index (Phi) is 7.57. The summed E-state index contributed by atoms with van der Waals surface area (Å²) >= 11 is 1.93. The molecule has 1 heterocycles. The number of thioether (sulfide) groups is 1. The second-order valence-electron chi connectivity index (χ2n) is 5.36. The maximum absolute atomic E-state index is 12.6. The summed E-state index contributed by atoms with van der Waals surface area (Å²) in [6.45, 7) is 5.06. The third-order valence-electron chi connectivity index (χ3n) is 3.83. The number of hydrogen-bond acceptors (Lipinski definition) is 3. The number of amides is 1. The summed E-state index contributed by atoms with van der Waals surface area (Å²) in [7, 11) is 0. The van der Waals surface area contributed by atoms with Gasteiger partial charge in [-0.15, -0.1) is 12.4 Å². The third kappa shape index (κ3) is 4.38. The minimum Gasteiger partial charge on any atom is -0.332 e. The van der Waals surface area contributed by atoms with Crippen molar-refractivity contribution < 1.29 is 4.79 Å². The number of benzene rings is 1. The summed E-state index contributed by atoms with van der Waals surface area (Å²) in [6.07, 6.45) is 1.71. The van der Waals surface area contributed by atoms with Crippen molar-refractivity contribution >= 4 is 30.1 Å². The van der Waals surface area contributed by atoms with Gasteiger partial charge in [0, 0.05) is 17.5 Å². The molecule has 3 nitrogen and oxygen atoms in total. The Hall–Kier alpha value is -0.710. The van der Waals surface area contributed by atoms with Gasteiger partial charge in [0.25, 0.3) is 0 Å². The molecule has 2 rings (SSSR count). The molecular formula is C16H25ClN2OS. The fourth-order valence-corrected chi connectivity index (χ4v) is 3.98. The van der Waals surface area contributed by atoms with Gasteiger partial charge in [0.2, 0.25) is 5.91 Å². The van der Waals surface area contributed by atoms with Gasteiger partial charge < -0.3 is 10.6 Å². The fraction of sp³-hybridized carbons (Fsp3) is 0.562. The largest absolute Gasteiger partial charge is 0.332 e. The Morgan fingerprint density at radius 1 is 1.43 bits per heavy atom. The van der Waals surface area contributed by atoms with Gasteiger partial charge in [0.15, 0.2) is 0 Å². The van der Waals surface area contributed by atoms with Crippen molar-refractivity contribution in [2.75, 3.05) is 12.3 Å². The SMILES string of the molecule is CCCC(N)C(=O)N1CCSC(C)C1c1ccccc1.Cl. The first-order chi connectivity index (χ1) is 9.65. The standard InChI is InChI=1S/C16H24N2OS.ClH/c1-3-7-14(17)16(19)18-10-11-20-12(2)15(18)13-8-5-4-6-9-13;/h4-6,8-9,12,14-15H,3,7,10-11,17H2,1-2H3;1H. The molecule has 1 amide bonds. The van der Waals surface area contributed by atoms with E-state index >= 15 is 0 Å². The van der Waals surface area contributed by atoms with Gasteiger partial charge in [0.05, 0.1) is 12.1 Å². The van der Waals surface area contributed by atoms with Gasteiger partial charge in [-0.25, -0.2) is 0 Å². The van der Waals surface area contributed by atoms with Crippen LogP contribution in [0.1, 0.15) is 38.3 Å². The van der Waals surface area contributed by atoms with Gasteiger partial charge >= 0.3 is 0 Å². The van der Waals surface area contributed by atoms with E-state index in [1.165, 1.54) is 5.56 Å². The normalized spacial score (nSPS) is 23.3. The lowest BCUT2D eigenvalue weighted by Gasteiger charge is -2.41. The van der Waals surface area contributed by atoms with Crippen LogP contribution in [0.15, 0.2) is 30.3 Å². The monoisotopic (exact) mass is 328 g/mol. The number of nitrogens with two attached hydrogens (primary N) is 1. The first-order valence-corrected chi connectivity index (χ1v) is 8.42. The Morgan fingerprint density at radius 3 is 2.71 bits per heavy atom. The Labute approximate surface area is 138 Å². The number of carbonyl (C=O) groups is 1. The number of rotatable bonds is 4. The van der Waals surface area contributed by atoms with E-state index < -0.39 is 0 Å². The molecule has 3 unspecified atom stereocenters. The molecule has 21 heavy (non-hydrogen) atoms. The van der Waals surface area contributed by atoms with Crippen molar-refractivity contribution in [3.8, 4) is 0 Å². The van der Waals surface area contributed by atoms with Crippen molar-refractivity contribution in [1.29, 1.82) is 0 Å². The Bertz CT molecular complexity index is 443. The van der Waals surface area contributed by atoms with E-state index in [1.807, 2.05) is 34.9 Å². The van der Waals surface area contributed by atoms with Crippen molar-refractivity contribution in [2.45, 2.75) is 44.0 Å². The van der Waals surface area contributed by atoms with Crippen LogP contribution in [0.3, 0.4) is 0 Å². The van der Waals surface area contributed by atoms with Crippen LogP contribution in [-0.2, 0) is 4.79 Å². The lowest BCUT2D eigenvalue weighted by atomic mass is 10.0. The smallest absolute Gasteiger partial charge is 0.240 e. The zero-order valence-corrected chi connectivity index (χ0v) is 14.3. The molecule has 0 radical (unpaired) electrons. The van der Waals surface area contributed by atoms with E-state index in [-0.39, 0.29) is 30.4 Å². The van der Waals surface area contributed by atoms with E-state index in [9.17, 15) is 4.79 Å². The van der Waals surface area contributed by atoms with Crippen LogP contribution in [-0.4, -0.2) is 34.4 Å². The van der Waals surface area contributed by atoms with Gasteiger partial charge in [-0.3, -0.25) is 4.79 Å². The van der Waals surface area contributed by atoms with Crippen LogP contribution in [0, 0.1) is 0 Å². The van der Waals surface area contributed by atoms with Crippen LogP contribution < -0.4 is 5.73 Å². The predicted molar refractivity (Wildman–Crippen MR) is 92.9 cm³/mol. The minimum absolute atomic E-state index is 0. The van der Waals surface area contributed by atoms with Crippen LogP contribution >= 0.6 is 24.2 Å². The van der Waals surface area contributed by atoms with Gasteiger partial charge in [-0.1, -0.05) is 50.6 Å². The molecule has 1 aliphatic rings. The molecule has 0 bridgehead atoms. The molecule has 1 aromatic rings. The summed E-state index contributed by atoms with van der Waals surface area (Å²) in [5.74, 6) is 1.10. The average molecular weight is 329 g/mol. The quantitative estimate of drug-likeness (QED) is 0.923. The van der Waals surface area contributed by atoms with Crippen LogP contribution in [0.4, 0.5) is 0 Å². The minimum atomic E-state index is -0.360. The van der Waals surface area contributed by atoms with Gasteiger partial charge in [-0.2, -0.15) is 11.8 Å². The lowest BCUT2D eigenvalue weighted by molar-refractivity contribution is -0.135.